The van der Waals surface area contributed by atoms with Gasteiger partial charge in [0.25, 0.3) is 0 Å². The fraction of sp³-hybridized carbons (Fsp3) is 0.531. The van der Waals surface area contributed by atoms with Gasteiger partial charge < -0.3 is 24.8 Å². The van der Waals surface area contributed by atoms with Crippen LogP contribution in [-0.2, 0) is 27.8 Å². The van der Waals surface area contributed by atoms with Crippen LogP contribution < -0.4 is 15.0 Å². The largest absolute Gasteiger partial charge is 0.462 e. The predicted octanol–water partition coefficient (Wildman–Crippen LogP) is 3.80. The van der Waals surface area contributed by atoms with Crippen molar-refractivity contribution in [2.75, 3.05) is 50.1 Å². The van der Waals surface area contributed by atoms with Crippen molar-refractivity contribution in [3.05, 3.63) is 52.2 Å². The third-order valence-corrected chi connectivity index (χ3v) is 9.93. The van der Waals surface area contributed by atoms with Gasteiger partial charge in [-0.25, -0.2) is 0 Å². The van der Waals surface area contributed by atoms with E-state index in [1.54, 1.807) is 4.90 Å². The number of carbonyl (C=O) groups is 2. The van der Waals surface area contributed by atoms with E-state index in [0.29, 0.717) is 55.6 Å². The number of hydrogen-bond acceptors (Lipinski definition) is 8. The number of rotatable bonds is 6. The fourth-order valence-corrected chi connectivity index (χ4v) is 7.64. The zero-order valence-corrected chi connectivity index (χ0v) is 25.6. The smallest absolute Gasteiger partial charge is 0.318 e. The molecule has 11 heteroatoms. The van der Waals surface area contributed by atoms with E-state index in [9.17, 15) is 14.9 Å². The second-order valence-electron chi connectivity index (χ2n) is 12.3. The molecule has 10 nitrogen and oxygen atoms in total. The van der Waals surface area contributed by atoms with Crippen LogP contribution in [0.15, 0.2) is 24.8 Å². The average Bonchev–Trinajstić information content (AvgIpc) is 3.41. The molecule has 2 fully saturated rings. The fourth-order valence-electron chi connectivity index (χ4n) is 7.37. The van der Waals surface area contributed by atoms with Gasteiger partial charge in [-0.05, 0) is 87.5 Å². The summed E-state index contributed by atoms with van der Waals surface area (Å²) < 4.78 is 6.26. The number of likely N-dealkylation sites (tertiary alicyclic amines) is 1. The number of fused-ring (bicyclic) bond motifs is 3. The molecule has 0 saturated carbocycles. The first-order valence-electron chi connectivity index (χ1n) is 15.1. The van der Waals surface area contributed by atoms with E-state index in [-0.39, 0.29) is 36.3 Å². The molecule has 3 aliphatic heterocycles. The quantitative estimate of drug-likeness (QED) is 0.496. The van der Waals surface area contributed by atoms with Crippen molar-refractivity contribution in [2.45, 2.75) is 69.4 Å². The Balaban J connectivity index is 1.40. The second kappa shape index (κ2) is 11.8. The molecule has 43 heavy (non-hydrogen) atoms. The van der Waals surface area contributed by atoms with E-state index in [1.165, 1.54) is 11.6 Å². The van der Waals surface area contributed by atoms with Crippen LogP contribution in [0.1, 0.15) is 54.5 Å². The summed E-state index contributed by atoms with van der Waals surface area (Å²) in [4.78, 5) is 42.5. The maximum Gasteiger partial charge on any atom is 0.318 e. The maximum absolute atomic E-state index is 14.1. The molecule has 2 aromatic rings. The van der Waals surface area contributed by atoms with Crippen LogP contribution in [0.3, 0.4) is 0 Å². The first-order valence-corrected chi connectivity index (χ1v) is 15.5. The third-order valence-electron chi connectivity index (χ3n) is 9.71. The number of aromatic nitrogens is 2. The predicted molar refractivity (Wildman–Crippen MR) is 164 cm³/mol. The average molecular weight is 604 g/mol. The van der Waals surface area contributed by atoms with Crippen molar-refractivity contribution in [3.63, 3.8) is 0 Å². The monoisotopic (exact) mass is 603 g/mol. The van der Waals surface area contributed by atoms with Crippen molar-refractivity contribution >= 4 is 34.9 Å². The van der Waals surface area contributed by atoms with Gasteiger partial charge in [0, 0.05) is 37.1 Å². The van der Waals surface area contributed by atoms with Crippen molar-refractivity contribution in [1.29, 1.82) is 5.26 Å². The standard InChI is InChI=1S/C32H38ClN7O3/c1-4-27(41)40-14-13-39(18-22(40)9-11-34)29-28-26(35-31(37-29)43-19-23-7-6-12-38(23)3)17-32(30(42)36-28)10-5-8-24-20(2)15-21(33)16-25(24)32/h4,15-16,22-23H,1,5-10,12-14,17-19H2,2-3H3,(H,36,42)/t22-,23-,32?/m0/s1. The summed E-state index contributed by atoms with van der Waals surface area (Å²) in [5, 5.41) is 13.4. The van der Waals surface area contributed by atoms with Crippen LogP contribution >= 0.6 is 11.6 Å². The molecule has 4 aliphatic rings. The van der Waals surface area contributed by atoms with Gasteiger partial charge in [0.05, 0.1) is 29.6 Å². The number of benzene rings is 1. The Morgan fingerprint density at radius 3 is 2.86 bits per heavy atom. The first-order chi connectivity index (χ1) is 20.7. The molecule has 1 aromatic heterocycles. The van der Waals surface area contributed by atoms with Gasteiger partial charge >= 0.3 is 6.01 Å². The molecule has 1 unspecified atom stereocenters. The number of carbonyl (C=O) groups excluding carboxylic acids is 2. The van der Waals surface area contributed by atoms with Crippen LogP contribution in [0.25, 0.3) is 0 Å². The lowest BCUT2D eigenvalue weighted by atomic mass is 9.65. The number of halogens is 1. The highest BCUT2D eigenvalue weighted by atomic mass is 35.5. The molecule has 0 radical (unpaired) electrons. The Kier molecular flexibility index (Phi) is 8.05. The van der Waals surface area contributed by atoms with Gasteiger partial charge in [-0.1, -0.05) is 18.2 Å². The number of nitrogens with one attached hydrogen (secondary N) is 1. The number of piperazine rings is 1. The summed E-state index contributed by atoms with van der Waals surface area (Å²) in [5.74, 6) is 0.284. The highest BCUT2D eigenvalue weighted by Gasteiger charge is 2.49. The Hall–Kier alpha value is -3.68. The lowest BCUT2D eigenvalue weighted by molar-refractivity contribution is -0.128. The maximum atomic E-state index is 14.1. The van der Waals surface area contributed by atoms with Gasteiger partial charge in [-0.3, -0.25) is 9.59 Å². The molecule has 2 amide bonds. The van der Waals surface area contributed by atoms with E-state index in [4.69, 9.17) is 26.3 Å². The highest BCUT2D eigenvalue weighted by Crippen LogP contribution is 2.48. The normalized spacial score (nSPS) is 25.1. The number of anilines is 2. The molecule has 4 heterocycles. The van der Waals surface area contributed by atoms with Crippen molar-refractivity contribution in [1.82, 2.24) is 19.8 Å². The van der Waals surface area contributed by atoms with E-state index in [1.807, 2.05) is 17.0 Å². The summed E-state index contributed by atoms with van der Waals surface area (Å²) in [6, 6.07) is 6.36. The minimum absolute atomic E-state index is 0.0808. The van der Waals surface area contributed by atoms with Crippen molar-refractivity contribution in [2.24, 2.45) is 0 Å². The van der Waals surface area contributed by atoms with Crippen LogP contribution in [0.2, 0.25) is 5.02 Å². The Labute approximate surface area is 257 Å². The lowest BCUT2D eigenvalue weighted by Crippen LogP contribution is -2.55. The number of amides is 2. The number of likely N-dealkylation sites (N-methyl/N-ethyl adjacent to an activating group) is 1. The van der Waals surface area contributed by atoms with Gasteiger partial charge in [-0.15, -0.1) is 0 Å². The van der Waals surface area contributed by atoms with Gasteiger partial charge in [0.15, 0.2) is 5.82 Å². The number of ether oxygens (including phenoxy) is 1. The van der Waals surface area contributed by atoms with Gasteiger partial charge in [0.2, 0.25) is 11.8 Å². The minimum atomic E-state index is -0.788. The van der Waals surface area contributed by atoms with Gasteiger partial charge in [0.1, 0.15) is 12.3 Å². The lowest BCUT2D eigenvalue weighted by Gasteiger charge is -2.44. The molecule has 1 N–H and O–H groups in total. The molecule has 6 rings (SSSR count). The Bertz CT molecular complexity index is 1510. The van der Waals surface area contributed by atoms with Gasteiger partial charge in [-0.2, -0.15) is 15.2 Å². The molecule has 0 bridgehead atoms. The van der Waals surface area contributed by atoms with E-state index >= 15 is 0 Å². The third kappa shape index (κ3) is 5.34. The van der Waals surface area contributed by atoms with E-state index in [2.05, 4.69) is 36.8 Å². The molecular weight excluding hydrogens is 566 g/mol. The van der Waals surface area contributed by atoms with E-state index < -0.39 is 5.41 Å². The molecule has 226 valence electrons. The number of hydrogen-bond donors (Lipinski definition) is 1. The molecular formula is C32H38ClN7O3. The summed E-state index contributed by atoms with van der Waals surface area (Å²) in [6.07, 6.45) is 6.55. The number of aryl methyl sites for hydroxylation is 1. The number of nitrogens with zero attached hydrogens (tertiary/aromatic N) is 6. The molecule has 3 atom stereocenters. The zero-order chi connectivity index (χ0) is 30.3. The number of nitriles is 1. The van der Waals surface area contributed by atoms with Crippen LogP contribution in [0.4, 0.5) is 11.5 Å². The summed E-state index contributed by atoms with van der Waals surface area (Å²) in [7, 11) is 2.10. The van der Waals surface area contributed by atoms with E-state index in [0.717, 1.165) is 49.0 Å². The highest BCUT2D eigenvalue weighted by molar-refractivity contribution is 6.30. The zero-order valence-electron chi connectivity index (χ0n) is 24.9. The molecule has 1 aliphatic carbocycles. The summed E-state index contributed by atoms with van der Waals surface area (Å²) >= 11 is 6.54. The Morgan fingerprint density at radius 1 is 1.28 bits per heavy atom. The Morgan fingerprint density at radius 2 is 2.12 bits per heavy atom. The second-order valence-corrected chi connectivity index (χ2v) is 12.7. The molecule has 1 spiro atoms. The van der Waals surface area contributed by atoms with Crippen molar-refractivity contribution in [3.8, 4) is 12.1 Å². The minimum Gasteiger partial charge on any atom is -0.462 e. The van der Waals surface area contributed by atoms with Crippen molar-refractivity contribution < 1.29 is 14.3 Å². The first kappa shape index (κ1) is 29.4. The summed E-state index contributed by atoms with van der Waals surface area (Å²) in [5.41, 5.74) is 3.78. The SMILES string of the molecule is C=CC(=O)N1CCN(c2nc(OC[C@@H]3CCCN3C)nc3c2NC(=O)C2(CCCc4c(C)cc(Cl)cc42)C3)C[C@@H]1CC#N. The van der Waals surface area contributed by atoms with Crippen LogP contribution in [-0.4, -0.2) is 83.5 Å². The topological polar surface area (TPSA) is 115 Å². The van der Waals surface area contributed by atoms with Crippen LogP contribution in [0, 0.1) is 18.3 Å². The molecule has 2 saturated heterocycles. The summed E-state index contributed by atoms with van der Waals surface area (Å²) in [6.45, 7) is 8.47. The van der Waals surface area contributed by atoms with Crippen LogP contribution in [0.5, 0.6) is 6.01 Å². The molecule has 1 aromatic carbocycles.